The lowest BCUT2D eigenvalue weighted by Crippen LogP contribution is -2.33. The van der Waals surface area contributed by atoms with E-state index in [0.717, 1.165) is 5.56 Å². The number of H-pyrrole nitrogens is 1. The van der Waals surface area contributed by atoms with Gasteiger partial charge < -0.3 is 10.2 Å². The lowest BCUT2D eigenvalue weighted by atomic mass is 10.0. The molecular formula is C25H32F2N6O. The van der Waals surface area contributed by atoms with Crippen LogP contribution in [0.1, 0.15) is 50.2 Å². The van der Waals surface area contributed by atoms with Gasteiger partial charge >= 0.3 is 0 Å². The van der Waals surface area contributed by atoms with E-state index >= 15 is 4.39 Å². The van der Waals surface area contributed by atoms with Crippen LogP contribution in [0, 0.1) is 30.4 Å². The SMILES string of the molecule is Cc1ccc(CC(=O)Nc2cc(Cc3nn[nH]n3)cc(F)c2N(CC(C)C)CC(C)C)c(F)c1. The van der Waals surface area contributed by atoms with Crippen LogP contribution in [0.25, 0.3) is 0 Å². The number of carbonyl (C=O) groups is 1. The monoisotopic (exact) mass is 470 g/mol. The first-order valence-electron chi connectivity index (χ1n) is 11.5. The molecule has 0 aliphatic heterocycles. The Morgan fingerprint density at radius 2 is 1.76 bits per heavy atom. The zero-order valence-electron chi connectivity index (χ0n) is 20.3. The van der Waals surface area contributed by atoms with E-state index in [4.69, 9.17) is 0 Å². The number of hydrogen-bond acceptors (Lipinski definition) is 5. The minimum atomic E-state index is -0.445. The van der Waals surface area contributed by atoms with Gasteiger partial charge in [-0.25, -0.2) is 8.78 Å². The quantitative estimate of drug-likeness (QED) is 0.449. The Bertz CT molecular complexity index is 1100. The van der Waals surface area contributed by atoms with Crippen molar-refractivity contribution >= 4 is 17.3 Å². The summed E-state index contributed by atoms with van der Waals surface area (Å²) in [6, 6.07) is 7.92. The third kappa shape index (κ3) is 6.82. The molecule has 2 aromatic carbocycles. The second-order valence-corrected chi connectivity index (χ2v) is 9.49. The van der Waals surface area contributed by atoms with E-state index in [1.807, 2.05) is 4.90 Å². The third-order valence-corrected chi connectivity index (χ3v) is 5.20. The van der Waals surface area contributed by atoms with Gasteiger partial charge in [0, 0.05) is 19.5 Å². The number of nitrogens with one attached hydrogen (secondary N) is 2. The number of aromatic nitrogens is 4. The smallest absolute Gasteiger partial charge is 0.228 e. The van der Waals surface area contributed by atoms with Crippen molar-refractivity contribution in [2.75, 3.05) is 23.3 Å². The van der Waals surface area contributed by atoms with Gasteiger partial charge in [-0.2, -0.15) is 5.21 Å². The number of rotatable bonds is 10. The van der Waals surface area contributed by atoms with Crippen molar-refractivity contribution in [3.05, 3.63) is 64.5 Å². The molecule has 0 aliphatic carbocycles. The van der Waals surface area contributed by atoms with Crippen molar-refractivity contribution in [1.29, 1.82) is 0 Å². The van der Waals surface area contributed by atoms with E-state index < -0.39 is 17.5 Å². The molecule has 0 atom stereocenters. The average Bonchev–Trinajstić information content (AvgIpc) is 3.21. The Morgan fingerprint density at radius 1 is 1.06 bits per heavy atom. The molecule has 0 saturated heterocycles. The summed E-state index contributed by atoms with van der Waals surface area (Å²) in [5, 5.41) is 16.6. The maximum absolute atomic E-state index is 15.6. The molecule has 0 fully saturated rings. The molecule has 9 heteroatoms. The molecule has 1 heterocycles. The highest BCUT2D eigenvalue weighted by atomic mass is 19.1. The molecule has 0 bridgehead atoms. The molecule has 34 heavy (non-hydrogen) atoms. The van der Waals surface area contributed by atoms with Gasteiger partial charge in [0.25, 0.3) is 0 Å². The van der Waals surface area contributed by atoms with Crippen molar-refractivity contribution in [2.24, 2.45) is 11.8 Å². The molecule has 1 aromatic heterocycles. The Balaban J connectivity index is 1.97. The molecule has 0 radical (unpaired) electrons. The summed E-state index contributed by atoms with van der Waals surface area (Å²) in [6.45, 7) is 11.3. The number of nitrogens with zero attached hydrogens (tertiary/aromatic N) is 4. The molecule has 2 N–H and O–H groups in total. The van der Waals surface area contributed by atoms with Crippen molar-refractivity contribution in [2.45, 2.75) is 47.5 Å². The first-order valence-corrected chi connectivity index (χ1v) is 11.5. The van der Waals surface area contributed by atoms with Crippen molar-refractivity contribution in [3.63, 3.8) is 0 Å². The summed E-state index contributed by atoms with van der Waals surface area (Å²) in [7, 11) is 0. The van der Waals surface area contributed by atoms with Gasteiger partial charge in [0.05, 0.1) is 17.8 Å². The number of benzene rings is 2. The number of aryl methyl sites for hydroxylation is 1. The second kappa shape index (κ2) is 11.2. The van der Waals surface area contributed by atoms with Gasteiger partial charge in [-0.05, 0) is 53.6 Å². The second-order valence-electron chi connectivity index (χ2n) is 9.49. The summed E-state index contributed by atoms with van der Waals surface area (Å²) in [5.74, 6) is -0.334. The molecule has 0 aliphatic rings. The molecule has 182 valence electrons. The molecule has 7 nitrogen and oxygen atoms in total. The highest BCUT2D eigenvalue weighted by molar-refractivity contribution is 5.96. The predicted molar refractivity (Wildman–Crippen MR) is 129 cm³/mol. The zero-order chi connectivity index (χ0) is 24.8. The van der Waals surface area contributed by atoms with Gasteiger partial charge in [0.15, 0.2) is 5.82 Å². The molecule has 0 spiro atoms. The fourth-order valence-electron chi connectivity index (χ4n) is 3.92. The summed E-state index contributed by atoms with van der Waals surface area (Å²) in [6.07, 6.45) is 0.0914. The molecule has 3 rings (SSSR count). The number of tetrazole rings is 1. The first-order chi connectivity index (χ1) is 16.1. The van der Waals surface area contributed by atoms with Gasteiger partial charge in [-0.15, -0.1) is 10.2 Å². The average molecular weight is 471 g/mol. The highest BCUT2D eigenvalue weighted by Gasteiger charge is 2.22. The molecule has 0 saturated carbocycles. The molecule has 1 amide bonds. The fourth-order valence-corrected chi connectivity index (χ4v) is 3.92. The normalized spacial score (nSPS) is 11.3. The number of amides is 1. The first kappa shape index (κ1) is 25.3. The zero-order valence-corrected chi connectivity index (χ0v) is 20.3. The van der Waals surface area contributed by atoms with Gasteiger partial charge in [0.2, 0.25) is 5.91 Å². The van der Waals surface area contributed by atoms with E-state index in [2.05, 4.69) is 53.6 Å². The fraction of sp³-hybridized carbons (Fsp3) is 0.440. The van der Waals surface area contributed by atoms with Gasteiger partial charge in [-0.1, -0.05) is 45.0 Å². The maximum atomic E-state index is 15.6. The highest BCUT2D eigenvalue weighted by Crippen LogP contribution is 2.33. The number of anilines is 2. The van der Waals surface area contributed by atoms with Crippen LogP contribution in [0.5, 0.6) is 0 Å². The van der Waals surface area contributed by atoms with E-state index in [1.165, 1.54) is 12.1 Å². The Hall–Kier alpha value is -3.36. The third-order valence-electron chi connectivity index (χ3n) is 5.20. The summed E-state index contributed by atoms with van der Waals surface area (Å²) >= 11 is 0. The van der Waals surface area contributed by atoms with Crippen LogP contribution < -0.4 is 10.2 Å². The van der Waals surface area contributed by atoms with E-state index in [0.29, 0.717) is 35.9 Å². The van der Waals surface area contributed by atoms with E-state index in [-0.39, 0.29) is 30.2 Å². The van der Waals surface area contributed by atoms with E-state index in [9.17, 15) is 9.18 Å². The van der Waals surface area contributed by atoms with Crippen LogP contribution in [0.15, 0.2) is 30.3 Å². The van der Waals surface area contributed by atoms with Crippen molar-refractivity contribution in [3.8, 4) is 0 Å². The van der Waals surface area contributed by atoms with Gasteiger partial charge in [-0.3, -0.25) is 4.79 Å². The van der Waals surface area contributed by atoms with Crippen LogP contribution in [0.4, 0.5) is 20.2 Å². The topological polar surface area (TPSA) is 86.8 Å². The number of hydrogen-bond donors (Lipinski definition) is 2. The van der Waals surface area contributed by atoms with Crippen LogP contribution in [0.2, 0.25) is 0 Å². The predicted octanol–water partition coefficient (Wildman–Crippen LogP) is 4.68. The number of aromatic amines is 1. The molecular weight excluding hydrogens is 438 g/mol. The molecule has 3 aromatic rings. The summed E-state index contributed by atoms with van der Waals surface area (Å²) < 4.78 is 29.9. The minimum absolute atomic E-state index is 0.156. The Kier molecular flexibility index (Phi) is 8.31. The van der Waals surface area contributed by atoms with Crippen LogP contribution in [-0.4, -0.2) is 39.6 Å². The lowest BCUT2D eigenvalue weighted by Gasteiger charge is -2.31. The summed E-state index contributed by atoms with van der Waals surface area (Å²) in [5.41, 5.74) is 2.33. The largest absolute Gasteiger partial charge is 0.367 e. The van der Waals surface area contributed by atoms with Crippen LogP contribution in [-0.2, 0) is 17.6 Å². The van der Waals surface area contributed by atoms with E-state index in [1.54, 1.807) is 25.1 Å². The van der Waals surface area contributed by atoms with Crippen molar-refractivity contribution in [1.82, 2.24) is 20.6 Å². The van der Waals surface area contributed by atoms with Gasteiger partial charge in [0.1, 0.15) is 11.6 Å². The lowest BCUT2D eigenvalue weighted by molar-refractivity contribution is -0.115. The standard InChI is InChI=1S/C25H32F2N6O/c1-15(2)13-33(14-16(3)4)25-21(27)9-18(11-23-29-31-32-30-23)10-22(25)28-24(34)12-19-7-6-17(5)8-20(19)26/h6-10,15-16H,11-14H2,1-5H3,(H,28,34)(H,29,30,31,32). The number of carbonyl (C=O) groups excluding carboxylic acids is 1. The number of halogens is 2. The maximum Gasteiger partial charge on any atom is 0.228 e. The van der Waals surface area contributed by atoms with Crippen LogP contribution in [0.3, 0.4) is 0 Å². The summed E-state index contributed by atoms with van der Waals surface area (Å²) in [4.78, 5) is 14.9. The Morgan fingerprint density at radius 3 is 2.35 bits per heavy atom. The Labute approximate surface area is 199 Å². The van der Waals surface area contributed by atoms with Crippen molar-refractivity contribution < 1.29 is 13.6 Å². The molecule has 0 unspecified atom stereocenters. The van der Waals surface area contributed by atoms with Crippen LogP contribution >= 0.6 is 0 Å². The minimum Gasteiger partial charge on any atom is -0.367 e.